The lowest BCUT2D eigenvalue weighted by Crippen LogP contribution is -2.46. The number of anilines is 1. The Morgan fingerprint density at radius 2 is 1.97 bits per heavy atom. The SMILES string of the molecule is CNC(=O)c1ccc(N2CCN(Cc3ccc4c(c3)[nH]c(=O)c3conc34)CC2)c(C)n1. The first kappa shape index (κ1) is 20.2. The molecule has 4 aromatic rings. The van der Waals surface area contributed by atoms with E-state index in [0.717, 1.165) is 60.6 Å². The summed E-state index contributed by atoms with van der Waals surface area (Å²) in [6.07, 6.45) is 1.38. The van der Waals surface area contributed by atoms with Gasteiger partial charge < -0.3 is 19.7 Å². The van der Waals surface area contributed by atoms with E-state index in [0.29, 0.717) is 16.6 Å². The molecular formula is C23H24N6O3. The van der Waals surface area contributed by atoms with Gasteiger partial charge >= 0.3 is 0 Å². The third-order valence-electron chi connectivity index (χ3n) is 6.04. The van der Waals surface area contributed by atoms with Crippen LogP contribution < -0.4 is 15.8 Å². The van der Waals surface area contributed by atoms with E-state index < -0.39 is 0 Å². The molecule has 164 valence electrons. The van der Waals surface area contributed by atoms with Gasteiger partial charge in [0.15, 0.2) is 0 Å². The number of fused-ring (bicyclic) bond motifs is 3. The summed E-state index contributed by atoms with van der Waals surface area (Å²) in [4.78, 5) is 36.1. The molecule has 0 spiro atoms. The number of pyridine rings is 2. The molecule has 3 aromatic heterocycles. The number of carbonyl (C=O) groups is 1. The molecular weight excluding hydrogens is 408 g/mol. The molecule has 0 radical (unpaired) electrons. The molecule has 1 aliphatic rings. The second kappa shape index (κ2) is 8.08. The van der Waals surface area contributed by atoms with Crippen molar-refractivity contribution < 1.29 is 9.32 Å². The number of rotatable bonds is 4. The molecule has 4 heterocycles. The number of H-pyrrole nitrogens is 1. The average Bonchev–Trinajstić information content (AvgIpc) is 3.30. The minimum Gasteiger partial charge on any atom is -0.368 e. The molecule has 9 nitrogen and oxygen atoms in total. The van der Waals surface area contributed by atoms with Gasteiger partial charge in [-0.25, -0.2) is 4.98 Å². The summed E-state index contributed by atoms with van der Waals surface area (Å²) in [7, 11) is 1.61. The van der Waals surface area contributed by atoms with Crippen molar-refractivity contribution in [3.63, 3.8) is 0 Å². The van der Waals surface area contributed by atoms with Crippen molar-refractivity contribution in [3.8, 4) is 0 Å². The molecule has 9 heteroatoms. The molecule has 1 saturated heterocycles. The normalized spacial score (nSPS) is 14.9. The summed E-state index contributed by atoms with van der Waals surface area (Å²) in [5, 5.41) is 7.93. The van der Waals surface area contributed by atoms with E-state index in [1.807, 2.05) is 25.1 Å². The zero-order valence-electron chi connectivity index (χ0n) is 18.0. The molecule has 0 saturated carbocycles. The van der Waals surface area contributed by atoms with Gasteiger partial charge in [-0.2, -0.15) is 0 Å². The Morgan fingerprint density at radius 1 is 1.16 bits per heavy atom. The zero-order valence-corrected chi connectivity index (χ0v) is 18.0. The Kier molecular flexibility index (Phi) is 5.10. The minimum absolute atomic E-state index is 0.175. The summed E-state index contributed by atoms with van der Waals surface area (Å²) >= 11 is 0. The number of aromatic amines is 1. The van der Waals surface area contributed by atoms with Gasteiger partial charge in [-0.1, -0.05) is 17.3 Å². The summed E-state index contributed by atoms with van der Waals surface area (Å²) < 4.78 is 4.98. The van der Waals surface area contributed by atoms with Crippen LogP contribution >= 0.6 is 0 Å². The number of benzene rings is 1. The minimum atomic E-state index is -0.189. The molecule has 0 aliphatic carbocycles. The molecule has 32 heavy (non-hydrogen) atoms. The van der Waals surface area contributed by atoms with Crippen molar-refractivity contribution >= 4 is 33.4 Å². The van der Waals surface area contributed by atoms with Crippen molar-refractivity contribution in [1.29, 1.82) is 0 Å². The summed E-state index contributed by atoms with van der Waals surface area (Å²) in [6.45, 7) is 6.32. The predicted octanol–water partition coefficient (Wildman–Crippen LogP) is 2.05. The largest absolute Gasteiger partial charge is 0.368 e. The highest BCUT2D eigenvalue weighted by Crippen LogP contribution is 2.23. The van der Waals surface area contributed by atoms with Gasteiger partial charge in [0.2, 0.25) is 0 Å². The molecule has 0 unspecified atom stereocenters. The van der Waals surface area contributed by atoms with Gasteiger partial charge in [-0.15, -0.1) is 0 Å². The third kappa shape index (κ3) is 3.60. The van der Waals surface area contributed by atoms with Crippen LogP contribution in [0.15, 0.2) is 45.9 Å². The van der Waals surface area contributed by atoms with E-state index in [1.54, 1.807) is 13.1 Å². The highest BCUT2D eigenvalue weighted by atomic mass is 16.5. The molecule has 5 rings (SSSR count). The summed E-state index contributed by atoms with van der Waals surface area (Å²) in [5.41, 5.74) is 4.67. The van der Waals surface area contributed by atoms with Crippen molar-refractivity contribution in [1.82, 2.24) is 25.3 Å². The first-order chi connectivity index (χ1) is 15.5. The molecule has 0 atom stereocenters. The van der Waals surface area contributed by atoms with E-state index in [9.17, 15) is 9.59 Å². The summed E-state index contributed by atoms with van der Waals surface area (Å²) in [6, 6.07) is 9.84. The maximum atomic E-state index is 12.2. The second-order valence-corrected chi connectivity index (χ2v) is 8.05. The number of nitrogens with one attached hydrogen (secondary N) is 2. The fraction of sp³-hybridized carbons (Fsp3) is 0.304. The van der Waals surface area contributed by atoms with E-state index in [2.05, 4.69) is 36.3 Å². The lowest BCUT2D eigenvalue weighted by molar-refractivity contribution is 0.0958. The predicted molar refractivity (Wildman–Crippen MR) is 122 cm³/mol. The maximum Gasteiger partial charge on any atom is 0.269 e. The first-order valence-corrected chi connectivity index (χ1v) is 10.6. The van der Waals surface area contributed by atoms with Crippen LogP contribution in [0.25, 0.3) is 21.8 Å². The van der Waals surface area contributed by atoms with Crippen molar-refractivity contribution in [3.05, 3.63) is 63.9 Å². The molecule has 0 bridgehead atoms. The van der Waals surface area contributed by atoms with Crippen molar-refractivity contribution in [2.75, 3.05) is 38.1 Å². The van der Waals surface area contributed by atoms with Crippen LogP contribution in [-0.4, -0.2) is 59.2 Å². The van der Waals surface area contributed by atoms with Crippen LogP contribution in [0.2, 0.25) is 0 Å². The highest BCUT2D eigenvalue weighted by Gasteiger charge is 2.20. The molecule has 1 fully saturated rings. The number of amides is 1. The van der Waals surface area contributed by atoms with E-state index in [-0.39, 0.29) is 11.5 Å². The smallest absolute Gasteiger partial charge is 0.269 e. The Labute approximate surface area is 184 Å². The van der Waals surface area contributed by atoms with Gasteiger partial charge in [0.25, 0.3) is 11.5 Å². The Hall–Kier alpha value is -3.72. The van der Waals surface area contributed by atoms with Gasteiger partial charge in [-0.05, 0) is 30.7 Å². The lowest BCUT2D eigenvalue weighted by atomic mass is 10.1. The monoisotopic (exact) mass is 432 g/mol. The maximum absolute atomic E-state index is 12.2. The molecule has 1 aliphatic heterocycles. The number of hydrogen-bond acceptors (Lipinski definition) is 7. The molecule has 2 N–H and O–H groups in total. The number of aryl methyl sites for hydroxylation is 1. The fourth-order valence-electron chi connectivity index (χ4n) is 4.33. The van der Waals surface area contributed by atoms with Gasteiger partial charge in [0.05, 0.1) is 16.9 Å². The number of piperazine rings is 1. The second-order valence-electron chi connectivity index (χ2n) is 8.05. The third-order valence-corrected chi connectivity index (χ3v) is 6.04. The van der Waals surface area contributed by atoms with Crippen LogP contribution in [0.3, 0.4) is 0 Å². The molecule has 1 amide bonds. The summed E-state index contributed by atoms with van der Waals surface area (Å²) in [5.74, 6) is -0.175. The highest BCUT2D eigenvalue weighted by molar-refractivity contribution is 6.02. The lowest BCUT2D eigenvalue weighted by Gasteiger charge is -2.36. The number of nitrogens with zero attached hydrogens (tertiary/aromatic N) is 4. The van der Waals surface area contributed by atoms with Gasteiger partial charge in [-0.3, -0.25) is 14.5 Å². The average molecular weight is 432 g/mol. The molecule has 1 aromatic carbocycles. The Bertz CT molecular complexity index is 1370. The van der Waals surface area contributed by atoms with E-state index >= 15 is 0 Å². The topological polar surface area (TPSA) is 107 Å². The number of hydrogen-bond donors (Lipinski definition) is 2. The van der Waals surface area contributed by atoms with Crippen LogP contribution in [0, 0.1) is 6.92 Å². The van der Waals surface area contributed by atoms with Crippen LogP contribution in [0.4, 0.5) is 5.69 Å². The Balaban J connectivity index is 1.28. The van der Waals surface area contributed by atoms with Crippen LogP contribution in [0.5, 0.6) is 0 Å². The number of aromatic nitrogens is 3. The standard InChI is InChI=1S/C23H24N6O3/c1-14-20(6-5-18(25-14)23(31)24-2)29-9-7-28(8-10-29)12-15-3-4-16-19(11-15)26-22(30)17-13-32-27-21(16)17/h3-6,11,13H,7-10,12H2,1-2H3,(H,24,31)(H,26,30). The van der Waals surface area contributed by atoms with E-state index in [4.69, 9.17) is 4.52 Å². The van der Waals surface area contributed by atoms with Crippen molar-refractivity contribution in [2.45, 2.75) is 13.5 Å². The Morgan fingerprint density at radius 3 is 2.72 bits per heavy atom. The van der Waals surface area contributed by atoms with Gasteiger partial charge in [0, 0.05) is 45.2 Å². The van der Waals surface area contributed by atoms with Crippen LogP contribution in [0.1, 0.15) is 21.7 Å². The van der Waals surface area contributed by atoms with E-state index in [1.165, 1.54) is 6.26 Å². The first-order valence-electron chi connectivity index (χ1n) is 10.6. The number of carbonyl (C=O) groups excluding carboxylic acids is 1. The van der Waals surface area contributed by atoms with Crippen LogP contribution in [-0.2, 0) is 6.54 Å². The van der Waals surface area contributed by atoms with Gasteiger partial charge in [0.1, 0.15) is 22.9 Å². The quantitative estimate of drug-likeness (QED) is 0.508. The zero-order chi connectivity index (χ0) is 22.2. The fourth-order valence-corrected chi connectivity index (χ4v) is 4.33. The van der Waals surface area contributed by atoms with Crippen molar-refractivity contribution in [2.24, 2.45) is 0 Å².